The van der Waals surface area contributed by atoms with Gasteiger partial charge in [0.05, 0.1) is 6.10 Å². The van der Waals surface area contributed by atoms with Crippen LogP contribution in [-0.2, 0) is 16.1 Å². The third-order valence-corrected chi connectivity index (χ3v) is 6.06. The number of aryl methyl sites for hydroxylation is 1. The molecule has 35 heavy (non-hydrogen) atoms. The van der Waals surface area contributed by atoms with Gasteiger partial charge >= 0.3 is 0 Å². The van der Waals surface area contributed by atoms with Gasteiger partial charge in [0.25, 0.3) is 5.91 Å². The van der Waals surface area contributed by atoms with Crippen molar-refractivity contribution in [3.63, 3.8) is 0 Å². The van der Waals surface area contributed by atoms with Gasteiger partial charge in [-0.3, -0.25) is 4.79 Å². The molecule has 180 valence electrons. The average Bonchev–Trinajstić information content (AvgIpc) is 3.48. The van der Waals surface area contributed by atoms with Crippen molar-refractivity contribution in [2.45, 2.75) is 39.4 Å². The van der Waals surface area contributed by atoms with Crippen molar-refractivity contribution < 1.29 is 18.7 Å². The van der Waals surface area contributed by atoms with Crippen LogP contribution >= 0.6 is 0 Å². The summed E-state index contributed by atoms with van der Waals surface area (Å²) in [6.07, 6.45) is 3.56. The highest BCUT2D eigenvalue weighted by atomic mass is 19.1. The monoisotopic (exact) mass is 473 g/mol. The number of hydrogen-bond donors (Lipinski definition) is 1. The summed E-state index contributed by atoms with van der Waals surface area (Å²) in [5, 5.41) is 12.4. The highest BCUT2D eigenvalue weighted by molar-refractivity contribution is 6.01. The van der Waals surface area contributed by atoms with Gasteiger partial charge in [-0.05, 0) is 86.4 Å². The van der Waals surface area contributed by atoms with E-state index in [1.807, 2.05) is 50.2 Å². The van der Waals surface area contributed by atoms with E-state index in [0.717, 1.165) is 47.7 Å². The minimum absolute atomic E-state index is 0.0200. The smallest absolute Gasteiger partial charge is 0.262 e. The molecule has 0 unspecified atom stereocenters. The van der Waals surface area contributed by atoms with E-state index in [1.165, 1.54) is 12.1 Å². The normalized spacial score (nSPS) is 15.6. The van der Waals surface area contributed by atoms with Crippen LogP contribution in [0, 0.1) is 31.0 Å². The van der Waals surface area contributed by atoms with Crippen LogP contribution in [0.5, 0.6) is 5.75 Å². The zero-order valence-corrected chi connectivity index (χ0v) is 19.9. The van der Waals surface area contributed by atoms with Crippen molar-refractivity contribution in [3.8, 4) is 17.5 Å². The zero-order chi connectivity index (χ0) is 24.8. The Morgan fingerprint density at radius 1 is 1.23 bits per heavy atom. The van der Waals surface area contributed by atoms with E-state index >= 15 is 0 Å². The minimum atomic E-state index is -0.393. The first kappa shape index (κ1) is 24.2. The third-order valence-electron chi connectivity index (χ3n) is 6.06. The first-order valence-electron chi connectivity index (χ1n) is 11.6. The molecule has 0 saturated carbocycles. The number of halogens is 1. The Kier molecular flexibility index (Phi) is 7.64. The maximum Gasteiger partial charge on any atom is 0.262 e. The molecule has 1 fully saturated rings. The number of benzene rings is 2. The number of aromatic nitrogens is 1. The number of hydrogen-bond acceptors (Lipinski definition) is 4. The largest absolute Gasteiger partial charge is 0.489 e. The molecule has 3 aromatic rings. The predicted octanol–water partition coefficient (Wildman–Crippen LogP) is 5.01. The average molecular weight is 474 g/mol. The lowest BCUT2D eigenvalue weighted by molar-refractivity contribution is -0.117. The highest BCUT2D eigenvalue weighted by Crippen LogP contribution is 2.25. The fraction of sp³-hybridized carbons (Fsp3) is 0.286. The number of carbonyl (C=O) groups excluding carboxylic acids is 1. The van der Waals surface area contributed by atoms with Gasteiger partial charge in [0.2, 0.25) is 0 Å². The molecular formula is C28H28FN3O3. The van der Waals surface area contributed by atoms with E-state index in [9.17, 15) is 14.4 Å². The van der Waals surface area contributed by atoms with E-state index in [0.29, 0.717) is 18.9 Å². The number of rotatable bonds is 8. The van der Waals surface area contributed by atoms with Crippen LogP contribution in [0.15, 0.2) is 60.2 Å². The maximum absolute atomic E-state index is 13.1. The second kappa shape index (κ2) is 11.0. The lowest BCUT2D eigenvalue weighted by atomic mass is 10.1. The maximum atomic E-state index is 13.1. The van der Waals surface area contributed by atoms with Gasteiger partial charge in [-0.1, -0.05) is 12.1 Å². The molecule has 0 spiro atoms. The van der Waals surface area contributed by atoms with Crippen molar-refractivity contribution in [2.24, 2.45) is 0 Å². The Morgan fingerprint density at radius 2 is 1.97 bits per heavy atom. The predicted molar refractivity (Wildman–Crippen MR) is 132 cm³/mol. The molecule has 7 heteroatoms. The third kappa shape index (κ3) is 5.97. The fourth-order valence-electron chi connectivity index (χ4n) is 4.18. The molecule has 0 bridgehead atoms. The van der Waals surface area contributed by atoms with E-state index < -0.39 is 5.91 Å². The summed E-state index contributed by atoms with van der Waals surface area (Å²) in [7, 11) is 0. The standard InChI is InChI=1S/C28H28FN3O3/c1-19-14-22(15-23(16-30)28(33)31-17-27-4-3-13-34-27)20(2)32(19)25-9-11-26(12-10-25)35-18-21-5-7-24(29)8-6-21/h5-12,14-15,27H,3-4,13,17-18H2,1-2H3,(H,31,33)/b23-15+/t27-/m1/s1. The number of nitriles is 1. The van der Waals surface area contributed by atoms with Gasteiger partial charge in [0.15, 0.2) is 0 Å². The first-order chi connectivity index (χ1) is 16.9. The van der Waals surface area contributed by atoms with Crippen molar-refractivity contribution in [3.05, 3.63) is 88.5 Å². The fourth-order valence-corrected chi connectivity index (χ4v) is 4.18. The van der Waals surface area contributed by atoms with Crippen molar-refractivity contribution in [1.82, 2.24) is 9.88 Å². The summed E-state index contributed by atoms with van der Waals surface area (Å²) < 4.78 is 26.5. The molecule has 2 heterocycles. The first-order valence-corrected chi connectivity index (χ1v) is 11.6. The van der Waals surface area contributed by atoms with Crippen LogP contribution < -0.4 is 10.1 Å². The summed E-state index contributed by atoms with van der Waals surface area (Å²) in [6, 6.07) is 17.9. The molecule has 1 aromatic heterocycles. The number of carbonyl (C=O) groups is 1. The second-order valence-corrected chi connectivity index (χ2v) is 8.59. The highest BCUT2D eigenvalue weighted by Gasteiger charge is 2.18. The van der Waals surface area contributed by atoms with Crippen molar-refractivity contribution >= 4 is 12.0 Å². The van der Waals surface area contributed by atoms with Crippen LogP contribution in [-0.4, -0.2) is 29.7 Å². The van der Waals surface area contributed by atoms with Gasteiger partial charge in [0.1, 0.15) is 29.8 Å². The van der Waals surface area contributed by atoms with Crippen LogP contribution in [0.25, 0.3) is 11.8 Å². The van der Waals surface area contributed by atoms with E-state index in [4.69, 9.17) is 9.47 Å². The SMILES string of the molecule is Cc1cc(/C=C(\C#N)C(=O)NC[C@H]2CCCO2)c(C)n1-c1ccc(OCc2ccc(F)cc2)cc1. The minimum Gasteiger partial charge on any atom is -0.489 e. The Hall–Kier alpha value is -3.89. The molecular weight excluding hydrogens is 445 g/mol. The summed E-state index contributed by atoms with van der Waals surface area (Å²) >= 11 is 0. The topological polar surface area (TPSA) is 76.3 Å². The van der Waals surface area contributed by atoms with Crippen LogP contribution in [0.2, 0.25) is 0 Å². The lowest BCUT2D eigenvalue weighted by Crippen LogP contribution is -2.32. The molecule has 6 nitrogen and oxygen atoms in total. The summed E-state index contributed by atoms with van der Waals surface area (Å²) in [6.45, 7) is 5.41. The molecule has 0 radical (unpaired) electrons. The molecule has 1 aliphatic rings. The summed E-state index contributed by atoms with van der Waals surface area (Å²) in [4.78, 5) is 12.5. The number of nitrogens with zero attached hydrogens (tertiary/aromatic N) is 2. The summed E-state index contributed by atoms with van der Waals surface area (Å²) in [5.74, 6) is 0.0387. The van der Waals surface area contributed by atoms with Gasteiger partial charge in [0, 0.05) is 30.2 Å². The molecule has 1 saturated heterocycles. The quantitative estimate of drug-likeness (QED) is 0.368. The molecule has 1 amide bonds. The van der Waals surface area contributed by atoms with Gasteiger partial charge in [-0.25, -0.2) is 4.39 Å². The van der Waals surface area contributed by atoms with E-state index in [2.05, 4.69) is 9.88 Å². The lowest BCUT2D eigenvalue weighted by Gasteiger charge is -2.12. The molecule has 1 atom stereocenters. The number of amides is 1. The molecule has 2 aromatic carbocycles. The van der Waals surface area contributed by atoms with Crippen LogP contribution in [0.1, 0.15) is 35.4 Å². The van der Waals surface area contributed by atoms with Crippen molar-refractivity contribution in [2.75, 3.05) is 13.2 Å². The second-order valence-electron chi connectivity index (χ2n) is 8.59. The van der Waals surface area contributed by atoms with Gasteiger partial charge < -0.3 is 19.4 Å². The van der Waals surface area contributed by atoms with E-state index in [1.54, 1.807) is 18.2 Å². The molecule has 1 aliphatic heterocycles. The van der Waals surface area contributed by atoms with Crippen molar-refractivity contribution in [1.29, 1.82) is 5.26 Å². The van der Waals surface area contributed by atoms with E-state index in [-0.39, 0.29) is 17.5 Å². The molecule has 4 rings (SSSR count). The Labute approximate surface area is 204 Å². The molecule has 0 aliphatic carbocycles. The Balaban J connectivity index is 1.45. The van der Waals surface area contributed by atoms with Crippen LogP contribution in [0.3, 0.4) is 0 Å². The Bertz CT molecular complexity index is 1250. The van der Waals surface area contributed by atoms with Gasteiger partial charge in [-0.2, -0.15) is 5.26 Å². The Morgan fingerprint density at radius 3 is 2.63 bits per heavy atom. The molecule has 1 N–H and O–H groups in total. The zero-order valence-electron chi connectivity index (χ0n) is 19.9. The van der Waals surface area contributed by atoms with Gasteiger partial charge in [-0.15, -0.1) is 0 Å². The number of nitrogens with one attached hydrogen (secondary N) is 1. The van der Waals surface area contributed by atoms with Crippen LogP contribution in [0.4, 0.5) is 4.39 Å². The summed E-state index contributed by atoms with van der Waals surface area (Å²) in [5.41, 5.74) is 4.59. The number of ether oxygens (including phenoxy) is 2.